The van der Waals surface area contributed by atoms with E-state index in [9.17, 15) is 14.4 Å². The molecule has 0 aliphatic heterocycles. The number of benzene rings is 2. The van der Waals surface area contributed by atoms with Crippen LogP contribution in [0.3, 0.4) is 0 Å². The summed E-state index contributed by atoms with van der Waals surface area (Å²) in [4.78, 5) is 37.7. The third kappa shape index (κ3) is 3.75. The number of carbonyl (C=O) groups excluding carboxylic acids is 3. The highest BCUT2D eigenvalue weighted by atomic mass is 16.2. The number of hydrogen-bond acceptors (Lipinski definition) is 4. The summed E-state index contributed by atoms with van der Waals surface area (Å²) in [6.07, 6.45) is 3.20. The quantitative estimate of drug-likeness (QED) is 0.322. The van der Waals surface area contributed by atoms with Gasteiger partial charge < -0.3 is 16.0 Å². The molecule has 8 heteroatoms. The van der Waals surface area contributed by atoms with Crippen LogP contribution >= 0.6 is 0 Å². The number of H-pyrrole nitrogens is 1. The van der Waals surface area contributed by atoms with E-state index < -0.39 is 17.7 Å². The van der Waals surface area contributed by atoms with Crippen LogP contribution in [0.5, 0.6) is 0 Å². The lowest BCUT2D eigenvalue weighted by Crippen LogP contribution is -2.32. The number of para-hydroxylation sites is 1. The van der Waals surface area contributed by atoms with E-state index in [2.05, 4.69) is 20.8 Å². The molecule has 3 aromatic rings. The van der Waals surface area contributed by atoms with Crippen LogP contribution in [-0.2, 0) is 9.59 Å². The van der Waals surface area contributed by atoms with Gasteiger partial charge in [0, 0.05) is 33.9 Å². The highest BCUT2D eigenvalue weighted by Crippen LogP contribution is 2.15. The van der Waals surface area contributed by atoms with Crippen molar-refractivity contribution in [1.82, 2.24) is 10.4 Å². The molecule has 0 aliphatic rings. The van der Waals surface area contributed by atoms with Gasteiger partial charge in [0.15, 0.2) is 0 Å². The summed E-state index contributed by atoms with van der Waals surface area (Å²) < 4.78 is 0. The smallest absolute Gasteiger partial charge is 0.329 e. The fourth-order valence-corrected chi connectivity index (χ4v) is 2.32. The number of aromatic nitrogens is 1. The van der Waals surface area contributed by atoms with Gasteiger partial charge in [-0.1, -0.05) is 18.2 Å². The molecule has 0 saturated carbocycles. The first-order valence-electron chi connectivity index (χ1n) is 7.65. The fraction of sp³-hybridized carbons (Fsp3) is 0. The lowest BCUT2D eigenvalue weighted by atomic mass is 10.2. The van der Waals surface area contributed by atoms with Crippen molar-refractivity contribution in [2.45, 2.75) is 0 Å². The van der Waals surface area contributed by atoms with Gasteiger partial charge in [0.2, 0.25) is 5.91 Å². The van der Waals surface area contributed by atoms with E-state index in [0.29, 0.717) is 11.3 Å². The minimum absolute atomic E-state index is 0.302. The molecule has 5 N–H and O–H groups in total. The average molecular weight is 349 g/mol. The molecule has 0 saturated heterocycles. The van der Waals surface area contributed by atoms with Gasteiger partial charge in [0.05, 0.1) is 6.21 Å². The molecular weight excluding hydrogens is 334 g/mol. The topological polar surface area (TPSA) is 129 Å². The zero-order chi connectivity index (χ0) is 18.5. The summed E-state index contributed by atoms with van der Waals surface area (Å²) in [6, 6.07) is 13.5. The molecule has 0 fully saturated rings. The summed E-state index contributed by atoms with van der Waals surface area (Å²) in [5.74, 6) is -2.37. The van der Waals surface area contributed by atoms with Crippen molar-refractivity contribution in [3.05, 3.63) is 65.9 Å². The molecule has 0 bridgehead atoms. The Hall–Kier alpha value is -3.94. The minimum Gasteiger partial charge on any atom is -0.366 e. The molecule has 2 aromatic carbocycles. The average Bonchev–Trinajstić information content (AvgIpc) is 3.05. The zero-order valence-corrected chi connectivity index (χ0v) is 13.5. The first kappa shape index (κ1) is 16.9. The van der Waals surface area contributed by atoms with Crippen molar-refractivity contribution in [2.75, 3.05) is 5.32 Å². The van der Waals surface area contributed by atoms with Crippen LogP contribution in [0.1, 0.15) is 15.9 Å². The maximum absolute atomic E-state index is 11.8. The number of fused-ring (bicyclic) bond motifs is 1. The molecule has 1 heterocycles. The van der Waals surface area contributed by atoms with Crippen LogP contribution in [-0.4, -0.2) is 28.9 Å². The Bertz CT molecular complexity index is 1010. The van der Waals surface area contributed by atoms with E-state index in [1.54, 1.807) is 6.20 Å². The van der Waals surface area contributed by atoms with Gasteiger partial charge >= 0.3 is 11.8 Å². The van der Waals surface area contributed by atoms with Crippen molar-refractivity contribution in [1.29, 1.82) is 0 Å². The van der Waals surface area contributed by atoms with Gasteiger partial charge in [0.1, 0.15) is 0 Å². The first-order valence-corrected chi connectivity index (χ1v) is 7.65. The van der Waals surface area contributed by atoms with Gasteiger partial charge in [-0.15, -0.1) is 0 Å². The maximum Gasteiger partial charge on any atom is 0.329 e. The Labute approximate surface area is 148 Å². The minimum atomic E-state index is -0.917. The molecule has 0 atom stereocenters. The molecule has 26 heavy (non-hydrogen) atoms. The normalized spacial score (nSPS) is 10.8. The van der Waals surface area contributed by atoms with Gasteiger partial charge in [-0.2, -0.15) is 5.10 Å². The number of hydrazone groups is 1. The fourth-order valence-electron chi connectivity index (χ4n) is 2.32. The number of hydrogen-bond donors (Lipinski definition) is 4. The van der Waals surface area contributed by atoms with E-state index in [1.807, 2.05) is 24.3 Å². The van der Waals surface area contributed by atoms with E-state index >= 15 is 0 Å². The van der Waals surface area contributed by atoms with Gasteiger partial charge in [-0.25, -0.2) is 5.43 Å². The van der Waals surface area contributed by atoms with Crippen LogP contribution < -0.4 is 16.5 Å². The Kier molecular flexibility index (Phi) is 4.75. The third-order valence-electron chi connectivity index (χ3n) is 3.62. The molecule has 1 aromatic heterocycles. The molecule has 0 aliphatic carbocycles. The number of aromatic amines is 1. The predicted octanol–water partition coefficient (Wildman–Crippen LogP) is 1.36. The highest BCUT2D eigenvalue weighted by Gasteiger charge is 2.13. The Morgan fingerprint density at radius 3 is 2.46 bits per heavy atom. The van der Waals surface area contributed by atoms with Crippen LogP contribution in [0.25, 0.3) is 10.9 Å². The second-order valence-corrected chi connectivity index (χ2v) is 5.38. The Balaban J connectivity index is 1.59. The third-order valence-corrected chi connectivity index (χ3v) is 3.62. The Morgan fingerprint density at radius 2 is 1.73 bits per heavy atom. The highest BCUT2D eigenvalue weighted by molar-refractivity contribution is 6.39. The van der Waals surface area contributed by atoms with Crippen LogP contribution in [0.15, 0.2) is 59.8 Å². The predicted molar refractivity (Wildman–Crippen MR) is 97.6 cm³/mol. The summed E-state index contributed by atoms with van der Waals surface area (Å²) in [6.45, 7) is 0. The number of carbonyl (C=O) groups is 3. The van der Waals surface area contributed by atoms with Gasteiger partial charge in [0.25, 0.3) is 0 Å². The lowest BCUT2D eigenvalue weighted by molar-refractivity contribution is -0.136. The maximum atomic E-state index is 11.8. The van der Waals surface area contributed by atoms with Crippen LogP contribution in [0, 0.1) is 0 Å². The number of rotatable bonds is 4. The lowest BCUT2D eigenvalue weighted by Gasteiger charge is -2.04. The first-order chi connectivity index (χ1) is 12.5. The van der Waals surface area contributed by atoms with E-state index in [4.69, 9.17) is 5.73 Å². The van der Waals surface area contributed by atoms with Crippen molar-refractivity contribution in [2.24, 2.45) is 10.8 Å². The number of nitrogens with one attached hydrogen (secondary N) is 3. The molecule has 3 rings (SSSR count). The number of anilines is 1. The van der Waals surface area contributed by atoms with Gasteiger partial charge in [-0.3, -0.25) is 14.4 Å². The van der Waals surface area contributed by atoms with Crippen LogP contribution in [0.2, 0.25) is 0 Å². The molecule has 0 spiro atoms. The Morgan fingerprint density at radius 1 is 1.00 bits per heavy atom. The number of nitrogens with two attached hydrogens (primary N) is 1. The van der Waals surface area contributed by atoms with Crippen molar-refractivity contribution < 1.29 is 14.4 Å². The number of nitrogens with zero attached hydrogens (tertiary/aromatic N) is 1. The second kappa shape index (κ2) is 7.31. The van der Waals surface area contributed by atoms with E-state index in [1.165, 1.54) is 30.5 Å². The largest absolute Gasteiger partial charge is 0.366 e. The summed E-state index contributed by atoms with van der Waals surface area (Å²) >= 11 is 0. The van der Waals surface area contributed by atoms with E-state index in [-0.39, 0.29) is 0 Å². The summed E-state index contributed by atoms with van der Waals surface area (Å²) in [7, 11) is 0. The van der Waals surface area contributed by atoms with Crippen molar-refractivity contribution >= 4 is 40.5 Å². The van der Waals surface area contributed by atoms with Crippen molar-refractivity contribution in [3.8, 4) is 0 Å². The zero-order valence-electron chi connectivity index (χ0n) is 13.5. The standard InChI is InChI=1S/C18H15N5O3/c19-16(24)11-5-7-13(8-6-11)22-17(25)18(26)23-21-10-12-9-20-15-4-2-1-3-14(12)15/h1-10,20H,(H2,19,24)(H,22,25)(H,23,26)/b21-10-. The van der Waals surface area contributed by atoms with Crippen molar-refractivity contribution in [3.63, 3.8) is 0 Å². The number of amides is 3. The number of primary amides is 1. The molecule has 8 nitrogen and oxygen atoms in total. The molecule has 130 valence electrons. The molecular formula is C18H15N5O3. The second-order valence-electron chi connectivity index (χ2n) is 5.38. The SMILES string of the molecule is NC(=O)c1ccc(NC(=O)C(=O)N/N=C\c2c[nH]c3ccccc23)cc1. The molecule has 0 radical (unpaired) electrons. The summed E-state index contributed by atoms with van der Waals surface area (Å²) in [5, 5.41) is 7.14. The summed E-state index contributed by atoms with van der Waals surface area (Å²) in [5.41, 5.74) is 9.68. The molecule has 0 unspecified atom stereocenters. The van der Waals surface area contributed by atoms with Gasteiger partial charge in [-0.05, 0) is 30.3 Å². The monoisotopic (exact) mass is 349 g/mol. The van der Waals surface area contributed by atoms with E-state index in [0.717, 1.165) is 16.5 Å². The molecule has 3 amide bonds. The van der Waals surface area contributed by atoms with Crippen LogP contribution in [0.4, 0.5) is 5.69 Å².